The van der Waals surface area contributed by atoms with E-state index in [1.807, 2.05) is 18.3 Å². The molecule has 0 amide bonds. The Balaban J connectivity index is 1.82. The third-order valence-electron chi connectivity index (χ3n) is 3.67. The second-order valence-electron chi connectivity index (χ2n) is 5.23. The van der Waals surface area contributed by atoms with Gasteiger partial charge in [0.2, 0.25) is 0 Å². The molecule has 4 nitrogen and oxygen atoms in total. The lowest BCUT2D eigenvalue weighted by atomic mass is 10.0. The average molecular weight is 248 g/mol. The molecular formula is C14H24N4. The van der Waals surface area contributed by atoms with Gasteiger partial charge >= 0.3 is 0 Å². The molecule has 2 heterocycles. The summed E-state index contributed by atoms with van der Waals surface area (Å²) in [5, 5.41) is 0. The summed E-state index contributed by atoms with van der Waals surface area (Å²) in [6.45, 7) is 6.50. The summed E-state index contributed by atoms with van der Waals surface area (Å²) in [4.78, 5) is 9.30. The Morgan fingerprint density at radius 3 is 2.67 bits per heavy atom. The van der Waals surface area contributed by atoms with Gasteiger partial charge in [0.15, 0.2) is 0 Å². The molecule has 2 N–H and O–H groups in total. The van der Waals surface area contributed by atoms with E-state index < -0.39 is 0 Å². The van der Waals surface area contributed by atoms with Crippen molar-refractivity contribution in [1.82, 2.24) is 14.8 Å². The lowest BCUT2D eigenvalue weighted by Gasteiger charge is -2.34. The molecule has 1 saturated heterocycles. The van der Waals surface area contributed by atoms with E-state index in [9.17, 15) is 0 Å². The largest absolute Gasteiger partial charge is 0.330 e. The third kappa shape index (κ3) is 4.05. The number of hydrogen-bond donors (Lipinski definition) is 1. The number of pyridine rings is 1. The van der Waals surface area contributed by atoms with Crippen LogP contribution in [0.5, 0.6) is 0 Å². The van der Waals surface area contributed by atoms with E-state index in [1.54, 1.807) is 0 Å². The fraction of sp³-hybridized carbons (Fsp3) is 0.643. The normalized spacial score (nSPS) is 19.9. The molecule has 0 radical (unpaired) electrons. The van der Waals surface area contributed by atoms with Crippen LogP contribution in [0.3, 0.4) is 0 Å². The van der Waals surface area contributed by atoms with Crippen molar-refractivity contribution in [1.29, 1.82) is 0 Å². The van der Waals surface area contributed by atoms with Gasteiger partial charge in [-0.2, -0.15) is 0 Å². The predicted octanol–water partition coefficient (Wildman–Crippen LogP) is 0.446. The molecule has 1 aliphatic heterocycles. The molecule has 4 heteroatoms. The minimum atomic E-state index is 0.517. The standard InChI is InChI=1S/C14H24N4/c1-17-6-8-18(9-7-17)12-13(11-15)10-14-4-2-3-5-16-14/h2-5,13H,6-12,15H2,1H3. The van der Waals surface area contributed by atoms with Crippen molar-refractivity contribution >= 4 is 0 Å². The van der Waals surface area contributed by atoms with Crippen molar-refractivity contribution in [2.75, 3.05) is 46.3 Å². The number of aromatic nitrogens is 1. The first kappa shape index (κ1) is 13.5. The SMILES string of the molecule is CN1CCN(CC(CN)Cc2ccccn2)CC1. The Morgan fingerprint density at radius 2 is 2.06 bits per heavy atom. The van der Waals surface area contributed by atoms with Crippen LogP contribution in [-0.2, 0) is 6.42 Å². The van der Waals surface area contributed by atoms with Gasteiger partial charge in [-0.3, -0.25) is 4.98 Å². The van der Waals surface area contributed by atoms with Crippen LogP contribution in [0.1, 0.15) is 5.69 Å². The predicted molar refractivity (Wildman–Crippen MR) is 74.4 cm³/mol. The maximum atomic E-state index is 5.90. The fourth-order valence-electron chi connectivity index (χ4n) is 2.43. The van der Waals surface area contributed by atoms with Crippen LogP contribution in [0.4, 0.5) is 0 Å². The van der Waals surface area contributed by atoms with Crippen molar-refractivity contribution in [3.05, 3.63) is 30.1 Å². The Bertz CT molecular complexity index is 333. The Hall–Kier alpha value is -0.970. The summed E-state index contributed by atoms with van der Waals surface area (Å²) in [5.41, 5.74) is 7.05. The first-order chi connectivity index (χ1) is 8.78. The number of nitrogens with two attached hydrogens (primary N) is 1. The number of hydrogen-bond acceptors (Lipinski definition) is 4. The zero-order chi connectivity index (χ0) is 12.8. The van der Waals surface area contributed by atoms with Crippen LogP contribution in [-0.4, -0.2) is 61.1 Å². The van der Waals surface area contributed by atoms with E-state index in [1.165, 1.54) is 13.1 Å². The highest BCUT2D eigenvalue weighted by atomic mass is 15.2. The molecule has 1 unspecified atom stereocenters. The van der Waals surface area contributed by atoms with Crippen molar-refractivity contribution < 1.29 is 0 Å². The minimum absolute atomic E-state index is 0.517. The molecule has 1 aromatic heterocycles. The molecule has 0 aromatic carbocycles. The molecule has 100 valence electrons. The molecule has 1 aliphatic rings. The van der Waals surface area contributed by atoms with Crippen LogP contribution >= 0.6 is 0 Å². The zero-order valence-electron chi connectivity index (χ0n) is 11.3. The highest BCUT2D eigenvalue weighted by Gasteiger charge is 2.18. The Morgan fingerprint density at radius 1 is 1.28 bits per heavy atom. The van der Waals surface area contributed by atoms with E-state index >= 15 is 0 Å². The van der Waals surface area contributed by atoms with Gasteiger partial charge in [0, 0.05) is 44.6 Å². The van der Waals surface area contributed by atoms with Gasteiger partial charge in [-0.25, -0.2) is 0 Å². The quantitative estimate of drug-likeness (QED) is 0.821. The monoisotopic (exact) mass is 248 g/mol. The van der Waals surface area contributed by atoms with E-state index in [0.717, 1.165) is 38.3 Å². The van der Waals surface area contributed by atoms with E-state index in [4.69, 9.17) is 5.73 Å². The molecule has 1 atom stereocenters. The van der Waals surface area contributed by atoms with Crippen molar-refractivity contribution in [3.8, 4) is 0 Å². The van der Waals surface area contributed by atoms with Gasteiger partial charge in [-0.15, -0.1) is 0 Å². The maximum Gasteiger partial charge on any atom is 0.0407 e. The van der Waals surface area contributed by atoms with Crippen LogP contribution in [0.25, 0.3) is 0 Å². The summed E-state index contributed by atoms with van der Waals surface area (Å²) in [6, 6.07) is 6.10. The van der Waals surface area contributed by atoms with Gasteiger partial charge in [0.05, 0.1) is 0 Å². The van der Waals surface area contributed by atoms with Crippen LogP contribution in [0, 0.1) is 5.92 Å². The van der Waals surface area contributed by atoms with Gasteiger partial charge in [-0.1, -0.05) is 6.07 Å². The molecule has 1 fully saturated rings. The Labute approximate surface area is 110 Å². The topological polar surface area (TPSA) is 45.4 Å². The highest BCUT2D eigenvalue weighted by molar-refractivity contribution is 5.04. The minimum Gasteiger partial charge on any atom is -0.330 e. The van der Waals surface area contributed by atoms with Gasteiger partial charge in [0.25, 0.3) is 0 Å². The average Bonchev–Trinajstić information content (AvgIpc) is 2.41. The molecule has 2 rings (SSSR count). The summed E-state index contributed by atoms with van der Waals surface area (Å²) in [6.07, 6.45) is 2.85. The van der Waals surface area contributed by atoms with Crippen LogP contribution < -0.4 is 5.73 Å². The maximum absolute atomic E-state index is 5.90. The van der Waals surface area contributed by atoms with Crippen LogP contribution in [0.15, 0.2) is 24.4 Å². The van der Waals surface area contributed by atoms with Crippen LogP contribution in [0.2, 0.25) is 0 Å². The molecule has 0 aliphatic carbocycles. The summed E-state index contributed by atoms with van der Waals surface area (Å²) >= 11 is 0. The molecule has 1 aromatic rings. The lowest BCUT2D eigenvalue weighted by Crippen LogP contribution is -2.47. The molecule has 0 bridgehead atoms. The zero-order valence-corrected chi connectivity index (χ0v) is 11.3. The number of rotatable bonds is 5. The van der Waals surface area contributed by atoms with E-state index in [-0.39, 0.29) is 0 Å². The van der Waals surface area contributed by atoms with Crippen molar-refractivity contribution in [2.45, 2.75) is 6.42 Å². The summed E-state index contributed by atoms with van der Waals surface area (Å²) in [7, 11) is 2.19. The second-order valence-corrected chi connectivity index (χ2v) is 5.23. The van der Waals surface area contributed by atoms with Gasteiger partial charge < -0.3 is 15.5 Å². The summed E-state index contributed by atoms with van der Waals surface area (Å²) < 4.78 is 0. The van der Waals surface area contributed by atoms with E-state index in [2.05, 4.69) is 27.9 Å². The number of piperazine rings is 1. The lowest BCUT2D eigenvalue weighted by molar-refractivity contribution is 0.136. The molecule has 0 spiro atoms. The van der Waals surface area contributed by atoms with Gasteiger partial charge in [-0.05, 0) is 38.1 Å². The van der Waals surface area contributed by atoms with Crippen molar-refractivity contribution in [3.63, 3.8) is 0 Å². The molecule has 18 heavy (non-hydrogen) atoms. The Kier molecular flexibility index (Phi) is 5.11. The van der Waals surface area contributed by atoms with E-state index in [0.29, 0.717) is 5.92 Å². The first-order valence-corrected chi connectivity index (χ1v) is 6.79. The van der Waals surface area contributed by atoms with Gasteiger partial charge in [0.1, 0.15) is 0 Å². The number of likely N-dealkylation sites (N-methyl/N-ethyl adjacent to an activating group) is 1. The molecule has 0 saturated carbocycles. The number of nitrogens with zero attached hydrogens (tertiary/aromatic N) is 3. The fourth-order valence-corrected chi connectivity index (χ4v) is 2.43. The van der Waals surface area contributed by atoms with Crippen molar-refractivity contribution in [2.24, 2.45) is 11.7 Å². The third-order valence-corrected chi connectivity index (χ3v) is 3.67. The molecular weight excluding hydrogens is 224 g/mol. The second kappa shape index (κ2) is 6.83. The first-order valence-electron chi connectivity index (χ1n) is 6.79. The summed E-state index contributed by atoms with van der Waals surface area (Å²) in [5.74, 6) is 0.517. The highest BCUT2D eigenvalue weighted by Crippen LogP contribution is 2.09. The smallest absolute Gasteiger partial charge is 0.0407 e.